The summed E-state index contributed by atoms with van der Waals surface area (Å²) in [6.07, 6.45) is 2.49. The molecule has 2 aromatic heterocycles. The lowest BCUT2D eigenvalue weighted by atomic mass is 10.1. The van der Waals surface area contributed by atoms with Crippen molar-refractivity contribution < 1.29 is 4.79 Å². The smallest absolute Gasteiger partial charge is 0.251 e. The molecule has 1 amide bonds. The molecule has 0 bridgehead atoms. The predicted molar refractivity (Wildman–Crippen MR) is 80.2 cm³/mol. The first-order valence-electron chi connectivity index (χ1n) is 6.85. The van der Waals surface area contributed by atoms with Crippen molar-refractivity contribution >= 4 is 11.6 Å². The van der Waals surface area contributed by atoms with E-state index in [1.807, 2.05) is 34.9 Å². The lowest BCUT2D eigenvalue weighted by molar-refractivity contribution is 0.0954. The van der Waals surface area contributed by atoms with E-state index in [-0.39, 0.29) is 5.91 Å². The van der Waals surface area contributed by atoms with Crippen molar-refractivity contribution in [2.75, 3.05) is 6.54 Å². The van der Waals surface area contributed by atoms with Crippen LogP contribution in [0.1, 0.15) is 21.7 Å². The Morgan fingerprint density at radius 2 is 2.00 bits per heavy atom. The first-order chi connectivity index (χ1) is 10.8. The van der Waals surface area contributed by atoms with Gasteiger partial charge in [0, 0.05) is 24.7 Å². The first-order valence-corrected chi connectivity index (χ1v) is 6.85. The summed E-state index contributed by atoms with van der Waals surface area (Å²) in [7, 11) is 0. The van der Waals surface area contributed by atoms with Gasteiger partial charge in [0.1, 0.15) is 5.82 Å². The Morgan fingerprint density at radius 1 is 1.18 bits per heavy atom. The second kappa shape index (κ2) is 6.06. The normalized spacial score (nSPS) is 10.3. The summed E-state index contributed by atoms with van der Waals surface area (Å²) in [6, 6.07) is 14.2. The topological polar surface area (TPSA) is 83.1 Å². The van der Waals surface area contributed by atoms with E-state index in [0.717, 1.165) is 11.5 Å². The molecule has 1 N–H and O–H groups in total. The van der Waals surface area contributed by atoms with Crippen molar-refractivity contribution in [1.82, 2.24) is 19.9 Å². The number of hydrogen-bond donors (Lipinski definition) is 1. The fraction of sp³-hybridized carbons (Fsp3) is 0.125. The molecule has 0 aliphatic carbocycles. The highest BCUT2D eigenvalue weighted by Crippen LogP contribution is 2.05. The highest BCUT2D eigenvalue weighted by atomic mass is 16.1. The number of nitriles is 1. The number of carbonyl (C=O) groups is 1. The van der Waals surface area contributed by atoms with Gasteiger partial charge in [-0.05, 0) is 36.4 Å². The van der Waals surface area contributed by atoms with Gasteiger partial charge in [0.25, 0.3) is 5.91 Å². The predicted octanol–water partition coefficient (Wildman–Crippen LogP) is 1.57. The molecule has 3 aromatic rings. The molecular weight excluding hydrogens is 278 g/mol. The number of fused-ring (bicyclic) bond motifs is 1. The van der Waals surface area contributed by atoms with E-state index in [1.165, 1.54) is 0 Å². The van der Waals surface area contributed by atoms with Gasteiger partial charge in [0.2, 0.25) is 0 Å². The van der Waals surface area contributed by atoms with E-state index < -0.39 is 0 Å². The lowest BCUT2D eigenvalue weighted by Gasteiger charge is -2.04. The molecule has 0 unspecified atom stereocenters. The number of nitrogens with one attached hydrogen (secondary N) is 1. The molecule has 2 heterocycles. The van der Waals surface area contributed by atoms with Crippen LogP contribution in [0.3, 0.4) is 0 Å². The molecule has 0 atom stereocenters. The quantitative estimate of drug-likeness (QED) is 0.791. The fourth-order valence-electron chi connectivity index (χ4n) is 2.15. The van der Waals surface area contributed by atoms with E-state index in [4.69, 9.17) is 5.26 Å². The van der Waals surface area contributed by atoms with Crippen LogP contribution < -0.4 is 5.32 Å². The average Bonchev–Trinajstić information content (AvgIpc) is 2.98. The van der Waals surface area contributed by atoms with Crippen molar-refractivity contribution in [1.29, 1.82) is 5.26 Å². The molecule has 3 rings (SSSR count). The van der Waals surface area contributed by atoms with Crippen molar-refractivity contribution in [2.24, 2.45) is 0 Å². The van der Waals surface area contributed by atoms with Crippen LogP contribution in [-0.2, 0) is 6.42 Å². The highest BCUT2D eigenvalue weighted by molar-refractivity contribution is 5.94. The molecule has 0 aliphatic heterocycles. The molecule has 6 heteroatoms. The van der Waals surface area contributed by atoms with Gasteiger partial charge in [0.05, 0.1) is 11.6 Å². The van der Waals surface area contributed by atoms with E-state index in [0.29, 0.717) is 24.1 Å². The number of carbonyl (C=O) groups excluding carboxylic acids is 1. The summed E-state index contributed by atoms with van der Waals surface area (Å²) in [4.78, 5) is 12.0. The minimum atomic E-state index is -0.168. The summed E-state index contributed by atoms with van der Waals surface area (Å²) in [5.74, 6) is 0.633. The Morgan fingerprint density at radius 3 is 2.77 bits per heavy atom. The maximum Gasteiger partial charge on any atom is 0.251 e. The molecular formula is C16H13N5O. The number of benzene rings is 1. The third-order valence-electron chi connectivity index (χ3n) is 3.29. The van der Waals surface area contributed by atoms with Crippen LogP contribution in [0, 0.1) is 11.3 Å². The Labute approximate surface area is 127 Å². The van der Waals surface area contributed by atoms with Crippen LogP contribution in [0.2, 0.25) is 0 Å². The van der Waals surface area contributed by atoms with Crippen LogP contribution in [-0.4, -0.2) is 27.0 Å². The van der Waals surface area contributed by atoms with Crippen molar-refractivity contribution in [3.63, 3.8) is 0 Å². The fourth-order valence-corrected chi connectivity index (χ4v) is 2.15. The molecule has 0 spiro atoms. The number of nitrogens with zero attached hydrogens (tertiary/aromatic N) is 4. The summed E-state index contributed by atoms with van der Waals surface area (Å²) < 4.78 is 1.90. The summed E-state index contributed by atoms with van der Waals surface area (Å²) in [5.41, 5.74) is 1.85. The van der Waals surface area contributed by atoms with Gasteiger partial charge in [-0.1, -0.05) is 6.07 Å². The van der Waals surface area contributed by atoms with Crippen LogP contribution >= 0.6 is 0 Å². The maximum atomic E-state index is 12.0. The monoisotopic (exact) mass is 291 g/mol. The Hall–Kier alpha value is -3.20. The molecule has 0 aliphatic rings. The van der Waals surface area contributed by atoms with E-state index in [9.17, 15) is 4.79 Å². The van der Waals surface area contributed by atoms with Crippen LogP contribution in [0.4, 0.5) is 0 Å². The molecule has 22 heavy (non-hydrogen) atoms. The van der Waals surface area contributed by atoms with Crippen molar-refractivity contribution in [3.05, 3.63) is 65.6 Å². The highest BCUT2D eigenvalue weighted by Gasteiger charge is 2.07. The number of hydrogen-bond acceptors (Lipinski definition) is 4. The zero-order valence-corrected chi connectivity index (χ0v) is 11.7. The standard InChI is InChI=1S/C16H13N5O/c17-11-12-4-6-13(7-5-12)16(22)18-9-8-15-20-19-14-3-1-2-10-21(14)15/h1-7,10H,8-9H2,(H,18,22). The number of pyridine rings is 1. The third-order valence-corrected chi connectivity index (χ3v) is 3.29. The van der Waals surface area contributed by atoms with Crippen LogP contribution in [0.15, 0.2) is 48.7 Å². The van der Waals surface area contributed by atoms with E-state index >= 15 is 0 Å². The molecule has 0 radical (unpaired) electrons. The molecule has 0 saturated heterocycles. The minimum absolute atomic E-state index is 0.168. The summed E-state index contributed by atoms with van der Waals surface area (Å²) in [5, 5.41) is 19.7. The second-order valence-corrected chi connectivity index (χ2v) is 4.74. The van der Waals surface area contributed by atoms with Crippen LogP contribution in [0.25, 0.3) is 5.65 Å². The Bertz CT molecular complexity index is 845. The molecule has 1 aromatic carbocycles. The largest absolute Gasteiger partial charge is 0.352 e. The second-order valence-electron chi connectivity index (χ2n) is 4.74. The third kappa shape index (κ3) is 2.79. The average molecular weight is 291 g/mol. The zero-order valence-electron chi connectivity index (χ0n) is 11.7. The van der Waals surface area contributed by atoms with E-state index in [2.05, 4.69) is 15.5 Å². The lowest BCUT2D eigenvalue weighted by Crippen LogP contribution is -2.26. The summed E-state index contributed by atoms with van der Waals surface area (Å²) in [6.45, 7) is 0.467. The Balaban J connectivity index is 1.60. The van der Waals surface area contributed by atoms with Gasteiger partial charge in [-0.2, -0.15) is 5.26 Å². The minimum Gasteiger partial charge on any atom is -0.352 e. The number of aromatic nitrogens is 3. The van der Waals surface area contributed by atoms with Gasteiger partial charge < -0.3 is 5.32 Å². The molecule has 108 valence electrons. The van der Waals surface area contributed by atoms with Gasteiger partial charge >= 0.3 is 0 Å². The molecule has 0 fully saturated rings. The molecule has 6 nitrogen and oxygen atoms in total. The van der Waals surface area contributed by atoms with Crippen LogP contribution in [0.5, 0.6) is 0 Å². The van der Waals surface area contributed by atoms with Crippen molar-refractivity contribution in [2.45, 2.75) is 6.42 Å². The van der Waals surface area contributed by atoms with Gasteiger partial charge in [-0.25, -0.2) is 0 Å². The summed E-state index contributed by atoms with van der Waals surface area (Å²) >= 11 is 0. The Kier molecular flexibility index (Phi) is 3.79. The van der Waals surface area contributed by atoms with Gasteiger partial charge in [0.15, 0.2) is 5.65 Å². The zero-order chi connectivity index (χ0) is 15.4. The number of rotatable bonds is 4. The van der Waals surface area contributed by atoms with Crippen molar-refractivity contribution in [3.8, 4) is 6.07 Å². The van der Waals surface area contributed by atoms with E-state index in [1.54, 1.807) is 24.3 Å². The molecule has 0 saturated carbocycles. The SMILES string of the molecule is N#Cc1ccc(C(=O)NCCc2nnc3ccccn23)cc1. The van der Waals surface area contributed by atoms with Gasteiger partial charge in [-0.3, -0.25) is 9.20 Å². The maximum absolute atomic E-state index is 12.0. The number of amides is 1. The van der Waals surface area contributed by atoms with Gasteiger partial charge in [-0.15, -0.1) is 10.2 Å². The first kappa shape index (κ1) is 13.8.